The minimum atomic E-state index is -3.68. The maximum atomic E-state index is 14.2. The van der Waals surface area contributed by atoms with Crippen LogP contribution in [0.2, 0.25) is 0 Å². The molecule has 1 aromatic heterocycles. The lowest BCUT2D eigenvalue weighted by Gasteiger charge is -2.36. The minimum Gasteiger partial charge on any atom is -0.416 e. The quantitative estimate of drug-likeness (QED) is 0.497. The van der Waals surface area contributed by atoms with Gasteiger partial charge in [0.1, 0.15) is 22.9 Å². The van der Waals surface area contributed by atoms with Gasteiger partial charge in [-0.25, -0.2) is 4.57 Å². The molecular formula is C24H25N2O4P. The topological polar surface area (TPSA) is 77.5 Å². The summed E-state index contributed by atoms with van der Waals surface area (Å²) in [5.41, 5.74) is -0.149. The van der Waals surface area contributed by atoms with Gasteiger partial charge in [-0.1, -0.05) is 55.3 Å². The van der Waals surface area contributed by atoms with E-state index in [1.807, 2.05) is 36.4 Å². The summed E-state index contributed by atoms with van der Waals surface area (Å²) < 4.78 is 26.3. The van der Waals surface area contributed by atoms with Crippen LogP contribution in [-0.2, 0) is 4.57 Å². The second-order valence-corrected chi connectivity index (χ2v) is 9.60. The standard InChI is InChI=1S/C24H25N2O4P/c27-24(22-16-9-10-18-25-22)26-21-15-7-8-17-23(21)31(28,29-19-11-3-1-4-12-19)30-20-13-5-2-6-14-20/h1-6,9-14,16,18,21,23H,7-8,15,17H2,(H,26,27). The van der Waals surface area contributed by atoms with Crippen LogP contribution in [0.25, 0.3) is 0 Å². The molecule has 1 amide bonds. The maximum Gasteiger partial charge on any atom is 0.435 e. The molecule has 0 spiro atoms. The Morgan fingerprint density at radius 2 is 1.42 bits per heavy atom. The lowest BCUT2D eigenvalue weighted by atomic mass is 9.94. The van der Waals surface area contributed by atoms with E-state index < -0.39 is 13.3 Å². The summed E-state index contributed by atoms with van der Waals surface area (Å²) in [6.07, 6.45) is 4.73. The van der Waals surface area contributed by atoms with Crippen molar-refractivity contribution in [2.45, 2.75) is 37.4 Å². The zero-order valence-corrected chi connectivity index (χ0v) is 18.0. The summed E-state index contributed by atoms with van der Waals surface area (Å²) in [6, 6.07) is 22.9. The average Bonchev–Trinajstić information content (AvgIpc) is 2.81. The zero-order chi connectivity index (χ0) is 21.5. The van der Waals surface area contributed by atoms with Crippen molar-refractivity contribution in [3.05, 3.63) is 90.8 Å². The van der Waals surface area contributed by atoms with Crippen LogP contribution in [0, 0.1) is 0 Å². The first-order valence-electron chi connectivity index (χ1n) is 10.4. The van der Waals surface area contributed by atoms with Crippen molar-refractivity contribution < 1.29 is 18.4 Å². The molecule has 0 aliphatic heterocycles. The summed E-state index contributed by atoms with van der Waals surface area (Å²) >= 11 is 0. The number of amides is 1. The number of pyridine rings is 1. The minimum absolute atomic E-state index is 0.288. The van der Waals surface area contributed by atoms with Crippen LogP contribution in [0.1, 0.15) is 36.2 Å². The Kier molecular flexibility index (Phi) is 6.68. The first-order chi connectivity index (χ1) is 15.1. The SMILES string of the molecule is O=C(NC1CCCCC1P(=O)(Oc1ccccc1)Oc1ccccc1)c1ccccn1. The summed E-state index contributed by atoms with van der Waals surface area (Å²) in [5, 5.41) is 3.03. The fraction of sp³-hybridized carbons (Fsp3) is 0.250. The Labute approximate surface area is 182 Å². The molecule has 2 unspecified atom stereocenters. The summed E-state index contributed by atoms with van der Waals surface area (Å²) in [4.78, 5) is 16.9. The Balaban J connectivity index is 1.62. The highest BCUT2D eigenvalue weighted by molar-refractivity contribution is 7.55. The summed E-state index contributed by atoms with van der Waals surface area (Å²) in [6.45, 7) is 0. The van der Waals surface area contributed by atoms with Crippen molar-refractivity contribution >= 4 is 13.5 Å². The predicted molar refractivity (Wildman–Crippen MR) is 119 cm³/mol. The molecule has 6 nitrogen and oxygen atoms in total. The van der Waals surface area contributed by atoms with E-state index in [0.29, 0.717) is 30.0 Å². The molecular weight excluding hydrogens is 411 g/mol. The Bertz CT molecular complexity index is 986. The molecule has 1 N–H and O–H groups in total. The lowest BCUT2D eigenvalue weighted by molar-refractivity contribution is 0.0922. The number of nitrogens with zero attached hydrogens (tertiary/aromatic N) is 1. The second kappa shape index (κ2) is 9.80. The number of hydrogen-bond donors (Lipinski definition) is 1. The van der Waals surface area contributed by atoms with Gasteiger partial charge >= 0.3 is 7.60 Å². The van der Waals surface area contributed by atoms with Gasteiger partial charge in [-0.3, -0.25) is 9.78 Å². The highest BCUT2D eigenvalue weighted by Crippen LogP contribution is 2.57. The summed E-state index contributed by atoms with van der Waals surface area (Å²) in [5.74, 6) is 0.660. The van der Waals surface area contributed by atoms with E-state index in [-0.39, 0.29) is 11.9 Å². The highest BCUT2D eigenvalue weighted by atomic mass is 31.2. The molecule has 160 valence electrons. The lowest BCUT2D eigenvalue weighted by Crippen LogP contribution is -2.46. The molecule has 2 atom stereocenters. The van der Waals surface area contributed by atoms with Crippen molar-refractivity contribution in [3.8, 4) is 11.5 Å². The Hall–Kier alpha value is -3.11. The number of rotatable bonds is 7. The van der Waals surface area contributed by atoms with Crippen LogP contribution >= 0.6 is 7.60 Å². The van der Waals surface area contributed by atoms with E-state index in [4.69, 9.17) is 9.05 Å². The molecule has 1 aliphatic carbocycles. The summed E-state index contributed by atoms with van der Waals surface area (Å²) in [7, 11) is -3.68. The van der Waals surface area contributed by atoms with Gasteiger partial charge in [-0.05, 0) is 49.2 Å². The molecule has 1 heterocycles. The molecule has 0 bridgehead atoms. The van der Waals surface area contributed by atoms with Crippen molar-refractivity contribution in [3.63, 3.8) is 0 Å². The number of para-hydroxylation sites is 2. The number of benzene rings is 2. The number of aromatic nitrogens is 1. The number of nitrogens with one attached hydrogen (secondary N) is 1. The van der Waals surface area contributed by atoms with Crippen LogP contribution < -0.4 is 14.4 Å². The van der Waals surface area contributed by atoms with E-state index in [1.54, 1.807) is 48.7 Å². The third-order valence-electron chi connectivity index (χ3n) is 5.30. The smallest absolute Gasteiger partial charge is 0.416 e. The van der Waals surface area contributed by atoms with Crippen LogP contribution in [0.4, 0.5) is 0 Å². The molecule has 2 aromatic carbocycles. The van der Waals surface area contributed by atoms with Crippen molar-refractivity contribution in [2.24, 2.45) is 0 Å². The molecule has 1 fully saturated rings. The van der Waals surface area contributed by atoms with Crippen molar-refractivity contribution in [1.82, 2.24) is 10.3 Å². The molecule has 3 aromatic rings. The molecule has 4 rings (SSSR count). The molecule has 31 heavy (non-hydrogen) atoms. The fourth-order valence-corrected chi connectivity index (χ4v) is 6.11. The molecule has 0 saturated heterocycles. The number of hydrogen-bond acceptors (Lipinski definition) is 5. The zero-order valence-electron chi connectivity index (χ0n) is 17.1. The van der Waals surface area contributed by atoms with Gasteiger partial charge in [0.05, 0.1) is 0 Å². The van der Waals surface area contributed by atoms with E-state index in [0.717, 1.165) is 12.8 Å². The normalized spacial score (nSPS) is 18.7. The monoisotopic (exact) mass is 436 g/mol. The maximum absolute atomic E-state index is 14.2. The van der Waals surface area contributed by atoms with Crippen molar-refractivity contribution in [1.29, 1.82) is 0 Å². The van der Waals surface area contributed by atoms with Gasteiger partial charge in [-0.2, -0.15) is 0 Å². The van der Waals surface area contributed by atoms with Crippen LogP contribution in [0.3, 0.4) is 0 Å². The molecule has 7 heteroatoms. The fourth-order valence-electron chi connectivity index (χ4n) is 3.81. The van der Waals surface area contributed by atoms with Gasteiger partial charge in [-0.15, -0.1) is 0 Å². The van der Waals surface area contributed by atoms with E-state index in [2.05, 4.69) is 10.3 Å². The predicted octanol–water partition coefficient (Wildman–Crippen LogP) is 5.47. The number of carbonyl (C=O) groups is 1. The van der Waals surface area contributed by atoms with E-state index >= 15 is 0 Å². The molecule has 1 saturated carbocycles. The Morgan fingerprint density at radius 3 is 2.00 bits per heavy atom. The van der Waals surface area contributed by atoms with Crippen LogP contribution in [0.15, 0.2) is 85.1 Å². The Morgan fingerprint density at radius 1 is 0.839 bits per heavy atom. The molecule has 0 radical (unpaired) electrons. The second-order valence-electron chi connectivity index (χ2n) is 7.50. The van der Waals surface area contributed by atoms with Gasteiger partial charge in [0.2, 0.25) is 0 Å². The van der Waals surface area contributed by atoms with Gasteiger partial charge in [0, 0.05) is 12.2 Å². The highest BCUT2D eigenvalue weighted by Gasteiger charge is 2.46. The third-order valence-corrected chi connectivity index (χ3v) is 7.66. The van der Waals surface area contributed by atoms with Gasteiger partial charge < -0.3 is 14.4 Å². The first-order valence-corrected chi connectivity index (χ1v) is 12.1. The molecule has 1 aliphatic rings. The van der Waals surface area contributed by atoms with Crippen LogP contribution in [0.5, 0.6) is 11.5 Å². The number of carbonyl (C=O) groups excluding carboxylic acids is 1. The van der Waals surface area contributed by atoms with Gasteiger partial charge in [0.25, 0.3) is 5.91 Å². The first kappa shape index (κ1) is 21.1. The van der Waals surface area contributed by atoms with Crippen LogP contribution in [-0.4, -0.2) is 22.6 Å². The average molecular weight is 436 g/mol. The largest absolute Gasteiger partial charge is 0.435 e. The van der Waals surface area contributed by atoms with E-state index in [1.165, 1.54) is 0 Å². The van der Waals surface area contributed by atoms with Crippen molar-refractivity contribution in [2.75, 3.05) is 0 Å². The van der Waals surface area contributed by atoms with Gasteiger partial charge in [0.15, 0.2) is 0 Å². The van der Waals surface area contributed by atoms with E-state index in [9.17, 15) is 9.36 Å². The third kappa shape index (κ3) is 5.33.